The number of hydrogen-bond acceptors (Lipinski definition) is 6. The van der Waals surface area contributed by atoms with Crippen LogP contribution in [0, 0.1) is 0 Å². The summed E-state index contributed by atoms with van der Waals surface area (Å²) < 4.78 is 10.3. The van der Waals surface area contributed by atoms with Crippen LogP contribution in [0.3, 0.4) is 0 Å². The molecule has 1 fully saturated rings. The van der Waals surface area contributed by atoms with E-state index < -0.39 is 11.7 Å². The third kappa shape index (κ3) is 7.16. The molecule has 0 saturated carbocycles. The fourth-order valence-corrected chi connectivity index (χ4v) is 3.25. The summed E-state index contributed by atoms with van der Waals surface area (Å²) in [4.78, 5) is 39.4. The van der Waals surface area contributed by atoms with Crippen molar-refractivity contribution in [2.75, 3.05) is 44.2 Å². The fraction of sp³-hybridized carbons (Fsp3) is 0.611. The van der Waals surface area contributed by atoms with Crippen molar-refractivity contribution in [3.63, 3.8) is 0 Å². The number of piperazine rings is 1. The predicted molar refractivity (Wildman–Crippen MR) is 103 cm³/mol. The first-order chi connectivity index (χ1) is 12.8. The van der Waals surface area contributed by atoms with E-state index in [2.05, 4.69) is 5.32 Å². The molecule has 27 heavy (non-hydrogen) atoms. The SMILES string of the molecule is CC(C)(C)OC(=O)NCCSCC(=O)N1CCN(C(=O)c2ccco2)CC1. The zero-order valence-electron chi connectivity index (χ0n) is 16.0. The second kappa shape index (κ2) is 9.68. The van der Waals surface area contributed by atoms with Crippen molar-refractivity contribution >= 4 is 29.7 Å². The number of thioether (sulfide) groups is 1. The molecule has 1 N–H and O–H groups in total. The molecular formula is C18H27N3O5S. The van der Waals surface area contributed by atoms with Gasteiger partial charge >= 0.3 is 6.09 Å². The molecule has 1 aliphatic heterocycles. The van der Waals surface area contributed by atoms with Gasteiger partial charge in [-0.25, -0.2) is 4.79 Å². The van der Waals surface area contributed by atoms with Crippen LogP contribution >= 0.6 is 11.8 Å². The Balaban J connectivity index is 1.59. The number of hydrogen-bond donors (Lipinski definition) is 1. The highest BCUT2D eigenvalue weighted by atomic mass is 32.2. The maximum Gasteiger partial charge on any atom is 0.407 e. The lowest BCUT2D eigenvalue weighted by Crippen LogP contribution is -2.51. The maximum atomic E-state index is 12.3. The van der Waals surface area contributed by atoms with Crippen LogP contribution < -0.4 is 5.32 Å². The first-order valence-electron chi connectivity index (χ1n) is 8.91. The number of nitrogens with one attached hydrogen (secondary N) is 1. The number of carbonyl (C=O) groups excluding carboxylic acids is 3. The van der Waals surface area contributed by atoms with E-state index in [-0.39, 0.29) is 11.8 Å². The van der Waals surface area contributed by atoms with Gasteiger partial charge in [-0.05, 0) is 32.9 Å². The quantitative estimate of drug-likeness (QED) is 0.736. The molecular weight excluding hydrogens is 370 g/mol. The Bertz CT molecular complexity index is 634. The van der Waals surface area contributed by atoms with Gasteiger partial charge in [-0.1, -0.05) is 0 Å². The number of nitrogens with zero attached hydrogens (tertiary/aromatic N) is 2. The van der Waals surface area contributed by atoms with Crippen LogP contribution in [0.1, 0.15) is 31.3 Å². The van der Waals surface area contributed by atoms with Crippen LogP contribution in [0.4, 0.5) is 4.79 Å². The van der Waals surface area contributed by atoms with E-state index in [9.17, 15) is 14.4 Å². The highest BCUT2D eigenvalue weighted by molar-refractivity contribution is 7.99. The van der Waals surface area contributed by atoms with Crippen LogP contribution in [-0.2, 0) is 9.53 Å². The number of furan rings is 1. The number of ether oxygens (including phenoxy) is 1. The summed E-state index contributed by atoms with van der Waals surface area (Å²) in [5.74, 6) is 1.20. The average molecular weight is 397 g/mol. The highest BCUT2D eigenvalue weighted by Gasteiger charge is 2.25. The lowest BCUT2D eigenvalue weighted by atomic mass is 10.2. The minimum absolute atomic E-state index is 0.0439. The van der Waals surface area contributed by atoms with Crippen molar-refractivity contribution in [3.8, 4) is 0 Å². The molecule has 0 aliphatic carbocycles. The molecule has 2 heterocycles. The molecule has 3 amide bonds. The van der Waals surface area contributed by atoms with Gasteiger partial charge in [-0.2, -0.15) is 11.8 Å². The summed E-state index contributed by atoms with van der Waals surface area (Å²) in [6.07, 6.45) is 1.02. The molecule has 0 radical (unpaired) electrons. The molecule has 150 valence electrons. The van der Waals surface area contributed by atoms with Crippen LogP contribution in [0.5, 0.6) is 0 Å². The van der Waals surface area contributed by atoms with Crippen LogP contribution in [0.25, 0.3) is 0 Å². The lowest BCUT2D eigenvalue weighted by molar-refractivity contribution is -0.129. The summed E-state index contributed by atoms with van der Waals surface area (Å²) in [6.45, 7) is 7.89. The first kappa shape index (κ1) is 21.1. The average Bonchev–Trinajstić information content (AvgIpc) is 3.14. The van der Waals surface area contributed by atoms with E-state index >= 15 is 0 Å². The lowest BCUT2D eigenvalue weighted by Gasteiger charge is -2.34. The zero-order valence-corrected chi connectivity index (χ0v) is 16.8. The molecule has 1 saturated heterocycles. The minimum atomic E-state index is -0.520. The van der Waals surface area contributed by atoms with E-state index in [0.717, 1.165) is 0 Å². The number of amides is 3. The van der Waals surface area contributed by atoms with Gasteiger partial charge in [0.1, 0.15) is 5.60 Å². The molecule has 0 aromatic carbocycles. The third-order valence-corrected chi connectivity index (χ3v) is 4.74. The summed E-state index contributed by atoms with van der Waals surface area (Å²) in [5, 5.41) is 2.66. The molecule has 0 atom stereocenters. The van der Waals surface area contributed by atoms with Crippen molar-refractivity contribution in [2.24, 2.45) is 0 Å². The van der Waals surface area contributed by atoms with E-state index in [1.54, 1.807) is 21.9 Å². The molecule has 0 bridgehead atoms. The second-order valence-electron chi connectivity index (χ2n) is 7.13. The van der Waals surface area contributed by atoms with Crippen LogP contribution in [0.15, 0.2) is 22.8 Å². The first-order valence-corrected chi connectivity index (χ1v) is 10.1. The number of alkyl carbamates (subject to hydrolysis) is 1. The topological polar surface area (TPSA) is 92.1 Å². The largest absolute Gasteiger partial charge is 0.459 e. The van der Waals surface area contributed by atoms with Gasteiger partial charge in [0.15, 0.2) is 5.76 Å². The minimum Gasteiger partial charge on any atom is -0.459 e. The second-order valence-corrected chi connectivity index (χ2v) is 8.24. The molecule has 1 aliphatic rings. The zero-order chi connectivity index (χ0) is 19.9. The number of rotatable bonds is 6. The van der Waals surface area contributed by atoms with Gasteiger partial charge in [0.05, 0.1) is 12.0 Å². The van der Waals surface area contributed by atoms with Crippen molar-refractivity contribution in [2.45, 2.75) is 26.4 Å². The smallest absolute Gasteiger partial charge is 0.407 e. The molecule has 1 aromatic heterocycles. The molecule has 9 heteroatoms. The third-order valence-electron chi connectivity index (χ3n) is 3.79. The van der Waals surface area contributed by atoms with Gasteiger partial charge in [-0.15, -0.1) is 0 Å². The molecule has 1 aromatic rings. The molecule has 8 nitrogen and oxygen atoms in total. The Morgan fingerprint density at radius 2 is 1.85 bits per heavy atom. The Morgan fingerprint density at radius 3 is 2.44 bits per heavy atom. The van der Waals surface area contributed by atoms with Crippen molar-refractivity contribution < 1.29 is 23.5 Å². The normalized spacial score (nSPS) is 14.8. The number of carbonyl (C=O) groups is 3. The Morgan fingerprint density at radius 1 is 1.19 bits per heavy atom. The summed E-state index contributed by atoms with van der Waals surface area (Å²) >= 11 is 1.46. The van der Waals surface area contributed by atoms with Crippen molar-refractivity contribution in [3.05, 3.63) is 24.2 Å². The van der Waals surface area contributed by atoms with Gasteiger partial charge in [0.2, 0.25) is 5.91 Å². The Hall–Kier alpha value is -2.16. The fourth-order valence-electron chi connectivity index (χ4n) is 2.51. The van der Waals surface area contributed by atoms with Crippen LogP contribution in [0.2, 0.25) is 0 Å². The van der Waals surface area contributed by atoms with E-state index in [1.807, 2.05) is 20.8 Å². The van der Waals surface area contributed by atoms with Crippen LogP contribution in [-0.4, -0.2) is 77.5 Å². The Kier molecular flexibility index (Phi) is 7.58. The van der Waals surface area contributed by atoms with Gasteiger partial charge < -0.3 is 24.3 Å². The van der Waals surface area contributed by atoms with Crippen molar-refractivity contribution in [1.29, 1.82) is 0 Å². The standard InChI is InChI=1S/C18H27N3O5S/c1-18(2,3)26-17(24)19-6-12-27-13-15(22)20-7-9-21(10-8-20)16(23)14-5-4-11-25-14/h4-5,11H,6-10,12-13H2,1-3H3,(H,19,24). The molecule has 2 rings (SSSR count). The van der Waals surface area contributed by atoms with Gasteiger partial charge in [-0.3, -0.25) is 9.59 Å². The maximum absolute atomic E-state index is 12.3. The van der Waals surface area contributed by atoms with E-state index in [4.69, 9.17) is 9.15 Å². The monoisotopic (exact) mass is 397 g/mol. The van der Waals surface area contributed by atoms with E-state index in [1.165, 1.54) is 18.0 Å². The summed E-state index contributed by atoms with van der Waals surface area (Å²) in [7, 11) is 0. The Labute approximate surface area is 163 Å². The highest BCUT2D eigenvalue weighted by Crippen LogP contribution is 2.11. The van der Waals surface area contributed by atoms with Gasteiger partial charge in [0.25, 0.3) is 5.91 Å². The molecule has 0 spiro atoms. The predicted octanol–water partition coefficient (Wildman–Crippen LogP) is 1.82. The molecule has 0 unspecified atom stereocenters. The van der Waals surface area contributed by atoms with Crippen molar-refractivity contribution in [1.82, 2.24) is 15.1 Å². The van der Waals surface area contributed by atoms with Gasteiger partial charge in [0, 0.05) is 38.5 Å². The summed E-state index contributed by atoms with van der Waals surface area (Å²) in [5.41, 5.74) is -0.520. The van der Waals surface area contributed by atoms with E-state index in [0.29, 0.717) is 50.0 Å². The summed E-state index contributed by atoms with van der Waals surface area (Å²) in [6, 6.07) is 3.32.